The molecule has 0 amide bonds. The van der Waals surface area contributed by atoms with Gasteiger partial charge in [0, 0.05) is 25.0 Å². The number of hydrogen-bond acceptors (Lipinski definition) is 4. The molecule has 25 heavy (non-hydrogen) atoms. The molecule has 0 aliphatic carbocycles. The summed E-state index contributed by atoms with van der Waals surface area (Å²) in [6.07, 6.45) is 3.85. The van der Waals surface area contributed by atoms with Gasteiger partial charge in [-0.25, -0.2) is 0 Å². The maximum absolute atomic E-state index is 10.4. The Morgan fingerprint density at radius 3 is 2.64 bits per heavy atom. The Bertz CT molecular complexity index is 639. The largest absolute Gasteiger partial charge is 0.387 e. The lowest BCUT2D eigenvalue weighted by Gasteiger charge is -2.33. The van der Waals surface area contributed by atoms with E-state index >= 15 is 0 Å². The second-order valence-corrected chi connectivity index (χ2v) is 7.05. The Morgan fingerprint density at radius 1 is 1.16 bits per heavy atom. The summed E-state index contributed by atoms with van der Waals surface area (Å²) in [6.45, 7) is 6.90. The minimum atomic E-state index is -0.385. The molecule has 1 atom stereocenters. The topological polar surface area (TPSA) is 48.4 Å². The van der Waals surface area contributed by atoms with Crippen molar-refractivity contribution >= 4 is 0 Å². The summed E-state index contributed by atoms with van der Waals surface area (Å²) in [7, 11) is 0. The predicted molar refractivity (Wildman–Crippen MR) is 101 cm³/mol. The monoisotopic (exact) mass is 339 g/mol. The minimum Gasteiger partial charge on any atom is -0.387 e. The SMILES string of the molecule is Cc1ncccc1CNCC1CCN(C[C@@H](O)c2ccccc2)CC1. The fourth-order valence-corrected chi connectivity index (χ4v) is 3.51. The maximum Gasteiger partial charge on any atom is 0.0916 e. The average molecular weight is 339 g/mol. The molecule has 2 aromatic rings. The fourth-order valence-electron chi connectivity index (χ4n) is 3.51. The third kappa shape index (κ3) is 5.36. The van der Waals surface area contributed by atoms with E-state index in [0.717, 1.165) is 49.9 Å². The van der Waals surface area contributed by atoms with Gasteiger partial charge in [0.15, 0.2) is 0 Å². The second-order valence-electron chi connectivity index (χ2n) is 7.05. The number of aromatic nitrogens is 1. The molecular formula is C21H29N3O. The Balaban J connectivity index is 1.37. The van der Waals surface area contributed by atoms with Crippen molar-refractivity contribution in [3.63, 3.8) is 0 Å². The number of piperidine rings is 1. The van der Waals surface area contributed by atoms with Gasteiger partial charge < -0.3 is 15.3 Å². The van der Waals surface area contributed by atoms with E-state index in [1.54, 1.807) is 0 Å². The normalized spacial score (nSPS) is 17.5. The lowest BCUT2D eigenvalue weighted by Crippen LogP contribution is -2.39. The highest BCUT2D eigenvalue weighted by Gasteiger charge is 2.21. The molecule has 1 aromatic carbocycles. The third-order valence-electron chi connectivity index (χ3n) is 5.19. The molecule has 0 radical (unpaired) electrons. The van der Waals surface area contributed by atoms with Crippen LogP contribution in [0.25, 0.3) is 0 Å². The molecule has 0 unspecified atom stereocenters. The first kappa shape index (κ1) is 18.1. The highest BCUT2D eigenvalue weighted by Crippen LogP contribution is 2.20. The van der Waals surface area contributed by atoms with Crippen LogP contribution < -0.4 is 5.32 Å². The number of aryl methyl sites for hydroxylation is 1. The van der Waals surface area contributed by atoms with Crippen LogP contribution in [-0.4, -0.2) is 41.2 Å². The molecular weight excluding hydrogens is 310 g/mol. The number of pyridine rings is 1. The number of likely N-dealkylation sites (tertiary alicyclic amines) is 1. The predicted octanol–water partition coefficient (Wildman–Crippen LogP) is 2.93. The van der Waals surface area contributed by atoms with Crippen LogP contribution in [0.5, 0.6) is 0 Å². The number of rotatable bonds is 7. The van der Waals surface area contributed by atoms with Gasteiger partial charge in [-0.2, -0.15) is 0 Å². The quantitative estimate of drug-likeness (QED) is 0.814. The Hall–Kier alpha value is -1.75. The highest BCUT2D eigenvalue weighted by atomic mass is 16.3. The Morgan fingerprint density at radius 2 is 1.92 bits per heavy atom. The van der Waals surface area contributed by atoms with E-state index in [1.807, 2.05) is 42.6 Å². The van der Waals surface area contributed by atoms with Gasteiger partial charge in [-0.3, -0.25) is 4.98 Å². The summed E-state index contributed by atoms with van der Waals surface area (Å²) in [5, 5.41) is 14.0. The van der Waals surface area contributed by atoms with Gasteiger partial charge in [0.2, 0.25) is 0 Å². The van der Waals surface area contributed by atoms with Crippen LogP contribution in [0.2, 0.25) is 0 Å². The zero-order valence-corrected chi connectivity index (χ0v) is 15.1. The summed E-state index contributed by atoms with van der Waals surface area (Å²) < 4.78 is 0. The van der Waals surface area contributed by atoms with Crippen LogP contribution in [0.15, 0.2) is 48.7 Å². The van der Waals surface area contributed by atoms with Crippen molar-refractivity contribution in [2.24, 2.45) is 5.92 Å². The van der Waals surface area contributed by atoms with Crippen molar-refractivity contribution in [3.05, 3.63) is 65.5 Å². The lowest BCUT2D eigenvalue weighted by molar-refractivity contribution is 0.0891. The lowest BCUT2D eigenvalue weighted by atomic mass is 9.96. The molecule has 3 rings (SSSR count). The van der Waals surface area contributed by atoms with Gasteiger partial charge in [0.05, 0.1) is 6.10 Å². The van der Waals surface area contributed by atoms with E-state index in [9.17, 15) is 5.11 Å². The molecule has 0 bridgehead atoms. The average Bonchev–Trinajstić information content (AvgIpc) is 2.65. The molecule has 4 nitrogen and oxygen atoms in total. The van der Waals surface area contributed by atoms with Crippen LogP contribution in [0, 0.1) is 12.8 Å². The summed E-state index contributed by atoms with van der Waals surface area (Å²) in [5.74, 6) is 0.724. The number of β-amino-alcohol motifs (C(OH)–C–C–N with tert-alkyl or cyclic N) is 1. The van der Waals surface area contributed by atoms with Gasteiger partial charge in [0.25, 0.3) is 0 Å². The van der Waals surface area contributed by atoms with Gasteiger partial charge in [0.1, 0.15) is 0 Å². The number of nitrogens with one attached hydrogen (secondary N) is 1. The first-order chi connectivity index (χ1) is 12.2. The highest BCUT2D eigenvalue weighted by molar-refractivity contribution is 5.18. The van der Waals surface area contributed by atoms with Crippen molar-refractivity contribution in [1.29, 1.82) is 0 Å². The van der Waals surface area contributed by atoms with Crippen molar-refractivity contribution < 1.29 is 5.11 Å². The standard InChI is InChI=1S/C21H29N3O/c1-17-20(8-5-11-23-17)15-22-14-18-9-12-24(13-10-18)16-21(25)19-6-3-2-4-7-19/h2-8,11,18,21-22,25H,9-10,12-16H2,1H3/t21-/m1/s1. The zero-order valence-electron chi connectivity index (χ0n) is 15.1. The number of benzene rings is 1. The first-order valence-electron chi connectivity index (χ1n) is 9.29. The zero-order chi connectivity index (χ0) is 17.5. The fraction of sp³-hybridized carbons (Fsp3) is 0.476. The molecule has 0 spiro atoms. The van der Waals surface area contributed by atoms with Crippen LogP contribution in [0.1, 0.15) is 35.8 Å². The van der Waals surface area contributed by atoms with Crippen LogP contribution in [-0.2, 0) is 6.54 Å². The summed E-state index contributed by atoms with van der Waals surface area (Å²) >= 11 is 0. The second kappa shape index (κ2) is 9.09. The van der Waals surface area contributed by atoms with Gasteiger partial charge in [-0.05, 0) is 62.5 Å². The smallest absolute Gasteiger partial charge is 0.0916 e. The number of hydrogen-bond donors (Lipinski definition) is 2. The van der Waals surface area contributed by atoms with E-state index in [0.29, 0.717) is 0 Å². The van der Waals surface area contributed by atoms with Gasteiger partial charge in [-0.15, -0.1) is 0 Å². The van der Waals surface area contributed by atoms with Crippen molar-refractivity contribution in [3.8, 4) is 0 Å². The molecule has 1 fully saturated rings. The summed E-state index contributed by atoms with van der Waals surface area (Å²) in [4.78, 5) is 6.72. The van der Waals surface area contributed by atoms with E-state index in [1.165, 1.54) is 18.4 Å². The van der Waals surface area contributed by atoms with Crippen molar-refractivity contribution in [2.75, 3.05) is 26.2 Å². The van der Waals surface area contributed by atoms with E-state index in [-0.39, 0.29) is 6.10 Å². The van der Waals surface area contributed by atoms with Crippen LogP contribution in [0.4, 0.5) is 0 Å². The molecule has 134 valence electrons. The number of nitrogens with zero attached hydrogens (tertiary/aromatic N) is 2. The third-order valence-corrected chi connectivity index (χ3v) is 5.19. The van der Waals surface area contributed by atoms with Crippen molar-refractivity contribution in [1.82, 2.24) is 15.2 Å². The number of aliphatic hydroxyl groups excluding tert-OH is 1. The summed E-state index contributed by atoms with van der Waals surface area (Å²) in [6, 6.07) is 14.1. The number of aliphatic hydroxyl groups is 1. The molecule has 4 heteroatoms. The van der Waals surface area contributed by atoms with Crippen LogP contribution in [0.3, 0.4) is 0 Å². The van der Waals surface area contributed by atoms with Gasteiger partial charge >= 0.3 is 0 Å². The molecule has 1 aliphatic heterocycles. The van der Waals surface area contributed by atoms with E-state index in [2.05, 4.69) is 28.2 Å². The van der Waals surface area contributed by atoms with Crippen molar-refractivity contribution in [2.45, 2.75) is 32.4 Å². The van der Waals surface area contributed by atoms with Crippen LogP contribution >= 0.6 is 0 Å². The summed E-state index contributed by atoms with van der Waals surface area (Å²) in [5.41, 5.74) is 3.41. The maximum atomic E-state index is 10.4. The molecule has 2 heterocycles. The molecule has 1 saturated heterocycles. The Kier molecular flexibility index (Phi) is 6.56. The minimum absolute atomic E-state index is 0.385. The van der Waals surface area contributed by atoms with E-state index in [4.69, 9.17) is 0 Å². The van der Waals surface area contributed by atoms with Gasteiger partial charge in [-0.1, -0.05) is 36.4 Å². The molecule has 1 aliphatic rings. The Labute approximate surface area is 150 Å². The molecule has 2 N–H and O–H groups in total. The van der Waals surface area contributed by atoms with E-state index < -0.39 is 0 Å². The molecule has 1 aromatic heterocycles. The first-order valence-corrected chi connectivity index (χ1v) is 9.29. The molecule has 0 saturated carbocycles.